The topological polar surface area (TPSA) is 92.3 Å². The van der Waals surface area contributed by atoms with E-state index in [9.17, 15) is 15.4 Å². The average Bonchev–Trinajstić information content (AvgIpc) is 2.67. The number of nitriles is 1. The quantitative estimate of drug-likeness (QED) is 0.585. The molecule has 7 heteroatoms. The number of nitro benzene ring substituents is 1. The second-order valence-electron chi connectivity index (χ2n) is 6.31. The van der Waals surface area contributed by atoms with E-state index in [0.717, 1.165) is 32.4 Å². The van der Waals surface area contributed by atoms with E-state index in [2.05, 4.69) is 9.88 Å². The van der Waals surface area contributed by atoms with E-state index in [1.807, 2.05) is 18.2 Å². The molecule has 0 unspecified atom stereocenters. The molecule has 1 aliphatic rings. The van der Waals surface area contributed by atoms with Gasteiger partial charge in [-0.2, -0.15) is 5.26 Å². The third-order valence-corrected chi connectivity index (χ3v) is 4.63. The third kappa shape index (κ3) is 4.16. The smallest absolute Gasteiger partial charge is 0.290 e. The molecule has 7 nitrogen and oxygen atoms in total. The van der Waals surface area contributed by atoms with Crippen LogP contribution >= 0.6 is 0 Å². The summed E-state index contributed by atoms with van der Waals surface area (Å²) < 4.78 is 5.85. The highest BCUT2D eigenvalue weighted by atomic mass is 16.6. The molecular weight excluding hydrogens is 332 g/mol. The summed E-state index contributed by atoms with van der Waals surface area (Å²) in [5.74, 6) is 0.274. The van der Waals surface area contributed by atoms with Gasteiger partial charge in [0.05, 0.1) is 4.92 Å². The molecule has 2 heterocycles. The number of hydrogen-bond acceptors (Lipinski definition) is 6. The molecule has 0 saturated carbocycles. The maximum Gasteiger partial charge on any atom is 0.290 e. The molecular formula is C19H20N4O3. The summed E-state index contributed by atoms with van der Waals surface area (Å²) in [5, 5.41) is 20.4. The van der Waals surface area contributed by atoms with Gasteiger partial charge in [-0.1, -0.05) is 12.5 Å². The highest BCUT2D eigenvalue weighted by molar-refractivity contribution is 5.56. The van der Waals surface area contributed by atoms with Crippen molar-refractivity contribution in [3.8, 4) is 11.8 Å². The Kier molecular flexibility index (Phi) is 5.77. The minimum absolute atomic E-state index is 0.0195. The second-order valence-corrected chi connectivity index (χ2v) is 6.31. The molecule has 1 fully saturated rings. The lowest BCUT2D eigenvalue weighted by Crippen LogP contribution is -2.42. The lowest BCUT2D eigenvalue weighted by atomic mass is 10.0. The Balaban J connectivity index is 1.70. The van der Waals surface area contributed by atoms with Crippen LogP contribution in [-0.4, -0.2) is 34.0 Å². The Bertz CT molecular complexity index is 804. The van der Waals surface area contributed by atoms with E-state index in [0.29, 0.717) is 6.61 Å². The van der Waals surface area contributed by atoms with Gasteiger partial charge in [-0.05, 0) is 43.1 Å². The van der Waals surface area contributed by atoms with Crippen molar-refractivity contribution in [1.82, 2.24) is 9.88 Å². The van der Waals surface area contributed by atoms with Crippen molar-refractivity contribution in [2.45, 2.75) is 31.8 Å². The van der Waals surface area contributed by atoms with Gasteiger partial charge in [-0.25, -0.2) is 0 Å². The number of nitro groups is 1. The summed E-state index contributed by atoms with van der Waals surface area (Å²) >= 11 is 0. The van der Waals surface area contributed by atoms with Crippen LogP contribution in [0.25, 0.3) is 0 Å². The Morgan fingerprint density at radius 1 is 1.31 bits per heavy atom. The number of piperidine rings is 1. The molecule has 1 aromatic heterocycles. The summed E-state index contributed by atoms with van der Waals surface area (Å²) in [7, 11) is 0. The number of hydrogen-bond donors (Lipinski definition) is 0. The number of benzene rings is 1. The van der Waals surface area contributed by atoms with Crippen molar-refractivity contribution >= 4 is 5.69 Å². The SMILES string of the molecule is N#Cc1c(OC[C@H]2CCCCN2Cc2ccncc2)cccc1[N+](=O)[O-]. The van der Waals surface area contributed by atoms with Crippen molar-refractivity contribution < 1.29 is 9.66 Å². The maximum absolute atomic E-state index is 11.1. The molecule has 2 aromatic rings. The molecule has 0 bridgehead atoms. The van der Waals surface area contributed by atoms with Crippen molar-refractivity contribution in [3.63, 3.8) is 0 Å². The van der Waals surface area contributed by atoms with E-state index in [1.165, 1.54) is 11.6 Å². The first-order valence-corrected chi connectivity index (χ1v) is 8.62. The van der Waals surface area contributed by atoms with Gasteiger partial charge >= 0.3 is 0 Å². The number of likely N-dealkylation sites (tertiary alicyclic amines) is 1. The van der Waals surface area contributed by atoms with Crippen LogP contribution in [0.5, 0.6) is 5.75 Å². The van der Waals surface area contributed by atoms with Crippen LogP contribution < -0.4 is 4.74 Å². The number of pyridine rings is 1. The van der Waals surface area contributed by atoms with Crippen LogP contribution in [0.3, 0.4) is 0 Å². The van der Waals surface area contributed by atoms with Crippen molar-refractivity contribution in [3.05, 3.63) is 64.0 Å². The zero-order chi connectivity index (χ0) is 18.4. The Morgan fingerprint density at radius 3 is 2.85 bits per heavy atom. The number of nitrogens with zero attached hydrogens (tertiary/aromatic N) is 4. The van der Waals surface area contributed by atoms with E-state index < -0.39 is 4.92 Å². The van der Waals surface area contributed by atoms with Gasteiger partial charge in [-0.15, -0.1) is 0 Å². The van der Waals surface area contributed by atoms with Crippen molar-refractivity contribution in [1.29, 1.82) is 5.26 Å². The fourth-order valence-corrected chi connectivity index (χ4v) is 3.27. The van der Waals surface area contributed by atoms with Gasteiger partial charge in [-0.3, -0.25) is 20.0 Å². The molecule has 0 N–H and O–H groups in total. The fourth-order valence-electron chi connectivity index (χ4n) is 3.27. The first-order valence-electron chi connectivity index (χ1n) is 8.62. The van der Waals surface area contributed by atoms with Crippen LogP contribution in [0.2, 0.25) is 0 Å². The van der Waals surface area contributed by atoms with E-state index >= 15 is 0 Å². The number of rotatable bonds is 6. The van der Waals surface area contributed by atoms with Crippen molar-refractivity contribution in [2.24, 2.45) is 0 Å². The zero-order valence-corrected chi connectivity index (χ0v) is 14.4. The van der Waals surface area contributed by atoms with Crippen molar-refractivity contribution in [2.75, 3.05) is 13.2 Å². The monoisotopic (exact) mass is 352 g/mol. The second kappa shape index (κ2) is 8.41. The molecule has 3 rings (SSSR count). The van der Waals surface area contributed by atoms with Crippen LogP contribution in [0.1, 0.15) is 30.4 Å². The van der Waals surface area contributed by atoms with Gasteiger partial charge in [0.15, 0.2) is 5.56 Å². The molecule has 1 aliphatic heterocycles. The normalized spacial score (nSPS) is 17.4. The minimum atomic E-state index is -0.554. The standard InChI is InChI=1S/C19H20N4O3/c20-12-17-18(23(24)25)5-3-6-19(17)26-14-16-4-1-2-11-22(16)13-15-7-9-21-10-8-15/h3,5-10,16H,1-2,4,11,13-14H2/t16-/m1/s1. The summed E-state index contributed by atoms with van der Waals surface area (Å²) in [6.45, 7) is 2.20. The van der Waals surface area contributed by atoms with Gasteiger partial charge in [0, 0.05) is 31.0 Å². The molecule has 1 atom stereocenters. The van der Waals surface area contributed by atoms with Gasteiger partial charge in [0.1, 0.15) is 18.4 Å². The highest BCUT2D eigenvalue weighted by Crippen LogP contribution is 2.28. The van der Waals surface area contributed by atoms with Crippen LogP contribution in [0, 0.1) is 21.4 Å². The zero-order valence-electron chi connectivity index (χ0n) is 14.4. The minimum Gasteiger partial charge on any atom is -0.490 e. The molecule has 134 valence electrons. The van der Waals surface area contributed by atoms with Gasteiger partial charge < -0.3 is 4.74 Å². The third-order valence-electron chi connectivity index (χ3n) is 4.63. The first kappa shape index (κ1) is 17.8. The van der Waals surface area contributed by atoms with Crippen LogP contribution in [0.4, 0.5) is 5.69 Å². The predicted molar refractivity (Wildman–Crippen MR) is 95.6 cm³/mol. The largest absolute Gasteiger partial charge is 0.490 e. The summed E-state index contributed by atoms with van der Waals surface area (Å²) in [4.78, 5) is 16.9. The lowest BCUT2D eigenvalue weighted by Gasteiger charge is -2.35. The Hall–Kier alpha value is -2.98. The van der Waals surface area contributed by atoms with Gasteiger partial charge in [0.25, 0.3) is 5.69 Å². The predicted octanol–water partition coefficient (Wildman–Crippen LogP) is 3.29. The Morgan fingerprint density at radius 2 is 2.12 bits per heavy atom. The molecule has 26 heavy (non-hydrogen) atoms. The Labute approximate surface area is 152 Å². The van der Waals surface area contributed by atoms with E-state index in [4.69, 9.17) is 4.74 Å². The van der Waals surface area contributed by atoms with E-state index in [1.54, 1.807) is 24.5 Å². The fraction of sp³-hybridized carbons (Fsp3) is 0.368. The molecule has 0 radical (unpaired) electrons. The number of ether oxygens (including phenoxy) is 1. The van der Waals surface area contributed by atoms with E-state index in [-0.39, 0.29) is 23.0 Å². The highest BCUT2D eigenvalue weighted by Gasteiger charge is 2.25. The molecule has 0 spiro atoms. The summed E-state index contributed by atoms with van der Waals surface area (Å²) in [6, 6.07) is 10.6. The van der Waals surface area contributed by atoms with Crippen LogP contribution in [-0.2, 0) is 6.54 Å². The molecule has 1 saturated heterocycles. The molecule has 1 aromatic carbocycles. The first-order chi connectivity index (χ1) is 12.7. The average molecular weight is 352 g/mol. The summed E-state index contributed by atoms with van der Waals surface area (Å²) in [6.07, 6.45) is 6.84. The van der Waals surface area contributed by atoms with Crippen LogP contribution in [0.15, 0.2) is 42.7 Å². The molecule has 0 aliphatic carbocycles. The maximum atomic E-state index is 11.1. The van der Waals surface area contributed by atoms with Gasteiger partial charge in [0.2, 0.25) is 0 Å². The lowest BCUT2D eigenvalue weighted by molar-refractivity contribution is -0.385. The molecule has 0 amide bonds. The summed E-state index contributed by atoms with van der Waals surface area (Å²) in [5.41, 5.74) is 0.955. The number of aromatic nitrogens is 1.